The number of rotatable bonds is 9. The molecule has 2 saturated heterocycles. The number of carbonyl (C=O) groups is 1. The lowest BCUT2D eigenvalue weighted by molar-refractivity contribution is 0.0374. The third-order valence-corrected chi connectivity index (χ3v) is 9.34. The predicted octanol–water partition coefficient (Wildman–Crippen LogP) is 5.09. The van der Waals surface area contributed by atoms with Crippen LogP contribution < -0.4 is 20.8 Å². The van der Waals surface area contributed by atoms with Gasteiger partial charge in [-0.1, -0.05) is 18.2 Å². The molecule has 5 aromatic rings. The van der Waals surface area contributed by atoms with Crippen LogP contribution in [0.2, 0.25) is 0 Å². The van der Waals surface area contributed by atoms with Crippen LogP contribution in [0.5, 0.6) is 11.5 Å². The highest BCUT2D eigenvalue weighted by Crippen LogP contribution is 2.47. The molecule has 0 aliphatic carbocycles. The number of benzene rings is 3. The molecular formula is C35H36FN5O5. The van der Waals surface area contributed by atoms with Gasteiger partial charge in [0.25, 0.3) is 5.91 Å². The zero-order chi connectivity index (χ0) is 31.2. The molecule has 3 aliphatic rings. The Kier molecular flexibility index (Phi) is 7.59. The standard InChI is InChI=1S/C35H36FN5O5/c36-26-18-24-32-34(31(26)37-9-13-39-10-3-4-11-39)46-30-19-23-22-6-1-2-7-28(22)45-29(23)20-27(30)41(32)21-25(33(24)42)35(43)38-8-5-12-40-14-16-44-17-15-40/h1-2,6-7,18-21,37H,3-5,8-17H2,(H,38,43). The minimum atomic E-state index is -0.603. The Hall–Kier alpha value is -4.45. The summed E-state index contributed by atoms with van der Waals surface area (Å²) in [4.78, 5) is 31.9. The molecule has 1 amide bonds. The van der Waals surface area contributed by atoms with Gasteiger partial charge >= 0.3 is 0 Å². The summed E-state index contributed by atoms with van der Waals surface area (Å²) in [6.07, 6.45) is 4.62. The highest BCUT2D eigenvalue weighted by atomic mass is 19.1. The van der Waals surface area contributed by atoms with Gasteiger partial charge < -0.3 is 34.0 Å². The van der Waals surface area contributed by atoms with Crippen LogP contribution in [-0.2, 0) is 4.74 Å². The number of carbonyl (C=O) groups excluding carboxylic acids is 1. The van der Waals surface area contributed by atoms with Gasteiger partial charge in [0.05, 0.1) is 24.3 Å². The van der Waals surface area contributed by atoms with Crippen LogP contribution in [0, 0.1) is 5.82 Å². The number of aromatic nitrogens is 1. The van der Waals surface area contributed by atoms with Gasteiger partial charge in [0.1, 0.15) is 27.9 Å². The van der Waals surface area contributed by atoms with Crippen LogP contribution >= 0.6 is 0 Å². The van der Waals surface area contributed by atoms with Crippen LogP contribution in [0.4, 0.5) is 10.1 Å². The molecule has 0 spiro atoms. The first-order valence-electron chi connectivity index (χ1n) is 16.1. The Morgan fingerprint density at radius 3 is 2.54 bits per heavy atom. The summed E-state index contributed by atoms with van der Waals surface area (Å²) in [5, 5.41) is 8.03. The summed E-state index contributed by atoms with van der Waals surface area (Å²) in [5.41, 5.74) is 1.97. The fourth-order valence-corrected chi connectivity index (χ4v) is 6.93. The summed E-state index contributed by atoms with van der Waals surface area (Å²) >= 11 is 0. The van der Waals surface area contributed by atoms with Crippen molar-refractivity contribution < 1.29 is 23.1 Å². The molecule has 3 aromatic carbocycles. The normalized spacial score (nSPS) is 16.6. The molecule has 11 heteroatoms. The number of hydrogen-bond donors (Lipinski definition) is 2. The smallest absolute Gasteiger partial charge is 0.256 e. The number of amides is 1. The number of morpholine rings is 1. The van der Waals surface area contributed by atoms with E-state index in [-0.39, 0.29) is 22.4 Å². The number of hydrogen-bond acceptors (Lipinski definition) is 8. The second-order valence-corrected chi connectivity index (χ2v) is 12.3. The van der Waals surface area contributed by atoms with Crippen molar-refractivity contribution in [3.05, 3.63) is 70.3 Å². The van der Waals surface area contributed by atoms with Crippen molar-refractivity contribution in [1.29, 1.82) is 0 Å². The van der Waals surface area contributed by atoms with Crippen molar-refractivity contribution in [2.45, 2.75) is 19.3 Å². The number of fused-ring (bicyclic) bond motifs is 5. The summed E-state index contributed by atoms with van der Waals surface area (Å²) in [5.74, 6) is -0.397. The van der Waals surface area contributed by atoms with E-state index < -0.39 is 17.2 Å². The highest BCUT2D eigenvalue weighted by molar-refractivity contribution is 6.07. The van der Waals surface area contributed by atoms with Crippen LogP contribution in [-0.4, -0.2) is 85.8 Å². The fourth-order valence-electron chi connectivity index (χ4n) is 6.93. The lowest BCUT2D eigenvalue weighted by Crippen LogP contribution is -2.38. The Bertz CT molecular complexity index is 2030. The molecule has 2 aromatic heterocycles. The number of nitrogens with one attached hydrogen (secondary N) is 2. The van der Waals surface area contributed by atoms with E-state index in [4.69, 9.17) is 13.9 Å². The first kappa shape index (κ1) is 29.0. The van der Waals surface area contributed by atoms with Crippen LogP contribution in [0.15, 0.2) is 57.9 Å². The first-order valence-corrected chi connectivity index (χ1v) is 16.1. The van der Waals surface area contributed by atoms with E-state index in [9.17, 15) is 9.59 Å². The number of ether oxygens (including phenoxy) is 2. The number of anilines is 1. The van der Waals surface area contributed by atoms with Crippen LogP contribution in [0.25, 0.3) is 38.5 Å². The van der Waals surface area contributed by atoms with Gasteiger partial charge in [-0.3, -0.25) is 14.5 Å². The summed E-state index contributed by atoms with van der Waals surface area (Å²) < 4.78 is 35.7. The maximum Gasteiger partial charge on any atom is 0.256 e. The minimum Gasteiger partial charge on any atom is -0.456 e. The molecule has 2 fully saturated rings. The van der Waals surface area contributed by atoms with E-state index in [2.05, 4.69) is 20.4 Å². The Morgan fingerprint density at radius 1 is 0.891 bits per heavy atom. The molecule has 10 nitrogen and oxygen atoms in total. The van der Waals surface area contributed by atoms with E-state index in [1.807, 2.05) is 36.4 Å². The molecule has 0 saturated carbocycles. The molecule has 46 heavy (non-hydrogen) atoms. The van der Waals surface area contributed by atoms with E-state index in [0.717, 1.165) is 62.0 Å². The van der Waals surface area contributed by atoms with Crippen LogP contribution in [0.3, 0.4) is 0 Å². The van der Waals surface area contributed by atoms with E-state index in [1.165, 1.54) is 18.9 Å². The lowest BCUT2D eigenvalue weighted by Gasteiger charge is -2.27. The maximum absolute atomic E-state index is 15.9. The number of furan rings is 1. The average Bonchev–Trinajstić information content (AvgIpc) is 3.72. The molecule has 0 unspecified atom stereocenters. The van der Waals surface area contributed by atoms with E-state index in [1.54, 1.807) is 10.8 Å². The van der Waals surface area contributed by atoms with Crippen molar-refractivity contribution in [3.8, 4) is 17.2 Å². The Balaban J connectivity index is 1.19. The molecule has 0 atom stereocenters. The van der Waals surface area contributed by atoms with E-state index >= 15 is 4.39 Å². The third kappa shape index (κ3) is 5.18. The highest BCUT2D eigenvalue weighted by Gasteiger charge is 2.30. The molecule has 8 rings (SSSR count). The van der Waals surface area contributed by atoms with Crippen molar-refractivity contribution >= 4 is 44.4 Å². The lowest BCUT2D eigenvalue weighted by atomic mass is 10.0. The molecular weight excluding hydrogens is 589 g/mol. The molecule has 5 heterocycles. The van der Waals surface area contributed by atoms with Gasteiger partial charge in [0, 0.05) is 55.8 Å². The van der Waals surface area contributed by atoms with Crippen molar-refractivity contribution in [1.82, 2.24) is 19.7 Å². The monoisotopic (exact) mass is 625 g/mol. The van der Waals surface area contributed by atoms with Gasteiger partial charge in [0.2, 0.25) is 5.43 Å². The van der Waals surface area contributed by atoms with Crippen molar-refractivity contribution in [3.63, 3.8) is 0 Å². The third-order valence-electron chi connectivity index (χ3n) is 9.34. The molecule has 238 valence electrons. The van der Waals surface area contributed by atoms with Gasteiger partial charge in [-0.25, -0.2) is 4.39 Å². The topological polar surface area (TPSA) is 101 Å². The molecule has 0 bridgehead atoms. The quantitative estimate of drug-likeness (QED) is 0.214. The number of para-hydroxylation sites is 1. The predicted molar refractivity (Wildman–Crippen MR) is 175 cm³/mol. The number of likely N-dealkylation sites (tertiary alicyclic amines) is 1. The minimum absolute atomic E-state index is 0.0588. The fraction of sp³-hybridized carbons (Fsp3) is 0.371. The largest absolute Gasteiger partial charge is 0.456 e. The zero-order valence-corrected chi connectivity index (χ0v) is 25.6. The van der Waals surface area contributed by atoms with E-state index in [0.29, 0.717) is 48.8 Å². The summed E-state index contributed by atoms with van der Waals surface area (Å²) in [6, 6.07) is 12.7. The first-order chi connectivity index (χ1) is 22.5. The van der Waals surface area contributed by atoms with Gasteiger partial charge in [-0.2, -0.15) is 0 Å². The molecule has 3 aliphatic heterocycles. The Morgan fingerprint density at radius 2 is 1.70 bits per heavy atom. The van der Waals surface area contributed by atoms with Gasteiger partial charge in [-0.05, 0) is 57.1 Å². The Labute approximate surface area is 264 Å². The number of halogens is 1. The van der Waals surface area contributed by atoms with Crippen molar-refractivity contribution in [2.24, 2.45) is 0 Å². The average molecular weight is 626 g/mol. The summed E-state index contributed by atoms with van der Waals surface area (Å²) in [7, 11) is 0. The SMILES string of the molecule is O=C(NCCCN1CCOCC1)c1cn2c3c(c(NCCN4CCCC4)c(F)cc3c1=O)Oc1cc3c(cc1-2)oc1ccccc13. The molecule has 0 radical (unpaired) electrons. The summed E-state index contributed by atoms with van der Waals surface area (Å²) in [6.45, 7) is 7.75. The molecule has 2 N–H and O–H groups in total. The zero-order valence-electron chi connectivity index (χ0n) is 25.6. The number of nitrogens with zero attached hydrogens (tertiary/aromatic N) is 3. The second kappa shape index (κ2) is 12.1. The maximum atomic E-state index is 15.9. The van der Waals surface area contributed by atoms with Crippen LogP contribution in [0.1, 0.15) is 29.6 Å². The van der Waals surface area contributed by atoms with Gasteiger partial charge in [-0.15, -0.1) is 0 Å². The second-order valence-electron chi connectivity index (χ2n) is 12.3. The van der Waals surface area contributed by atoms with Crippen molar-refractivity contribution in [2.75, 3.05) is 70.9 Å². The number of pyridine rings is 1. The van der Waals surface area contributed by atoms with Gasteiger partial charge in [0.15, 0.2) is 17.3 Å².